The number of cyclic esters (lactones) is 2. The molecular weight excluding hydrogens is 466 g/mol. The van der Waals surface area contributed by atoms with Crippen LogP contribution in [0, 0.1) is 0 Å². The van der Waals surface area contributed by atoms with Crippen LogP contribution in [0.4, 0.5) is 4.79 Å². The fourth-order valence-corrected chi connectivity index (χ4v) is 0.675. The van der Waals surface area contributed by atoms with Crippen molar-refractivity contribution in [2.75, 3.05) is 34.9 Å². The smallest absolute Gasteiger partial charge is 0.466 e. The van der Waals surface area contributed by atoms with Gasteiger partial charge >= 0.3 is 18.1 Å². The Morgan fingerprint density at radius 1 is 0.917 bits per heavy atom. The third-order valence-electron chi connectivity index (χ3n) is 2.26. The number of amides is 1. The van der Waals surface area contributed by atoms with Crippen molar-refractivity contribution in [3.8, 4) is 0 Å². The first-order chi connectivity index (χ1) is 15.9. The molecule has 9 heteroatoms. The van der Waals surface area contributed by atoms with E-state index in [1.807, 2.05) is 55.4 Å². The normalized spacial score (nSPS) is 10.3. The maximum absolute atomic E-state index is 10.2. The van der Waals surface area contributed by atoms with Crippen molar-refractivity contribution in [2.45, 2.75) is 97.1 Å². The topological polar surface area (TPSA) is 108 Å². The molecule has 1 aliphatic heterocycles. The van der Waals surface area contributed by atoms with Crippen molar-refractivity contribution in [3.63, 3.8) is 0 Å². The summed E-state index contributed by atoms with van der Waals surface area (Å²) in [7, 11) is 6.09. The van der Waals surface area contributed by atoms with Gasteiger partial charge in [-0.1, -0.05) is 83.4 Å². The van der Waals surface area contributed by atoms with Crippen molar-refractivity contribution in [3.05, 3.63) is 24.8 Å². The molecule has 1 fully saturated rings. The molecule has 0 aliphatic carbocycles. The molecule has 0 aromatic heterocycles. The fourth-order valence-electron chi connectivity index (χ4n) is 0.675. The minimum Gasteiger partial charge on any atom is -0.466 e. The molecule has 0 aromatic carbocycles. The average molecular weight is 528 g/mol. The second kappa shape index (κ2) is 53.5. The molecule has 1 unspecified atom stereocenters. The second-order valence-electron chi connectivity index (χ2n) is 4.90. The van der Waals surface area contributed by atoms with Gasteiger partial charge in [-0.3, -0.25) is 4.79 Å². The zero-order valence-electron chi connectivity index (χ0n) is 24.5. The molecule has 0 N–H and O–H groups in total. The highest BCUT2D eigenvalue weighted by Gasteiger charge is 2.19. The Morgan fingerprint density at radius 2 is 1.25 bits per heavy atom. The minimum atomic E-state index is -0.549. The lowest BCUT2D eigenvalue weighted by atomic mass is 10.4. The van der Waals surface area contributed by atoms with Gasteiger partial charge in [0.1, 0.15) is 12.7 Å². The van der Waals surface area contributed by atoms with E-state index < -0.39 is 12.1 Å². The quantitative estimate of drug-likeness (QED) is 0.213. The first kappa shape index (κ1) is 58.8. The summed E-state index contributed by atoms with van der Waals surface area (Å²) in [4.78, 5) is 41.6. The highest BCUT2D eigenvalue weighted by Crippen LogP contribution is 2.02. The van der Waals surface area contributed by atoms with Crippen LogP contribution in [0.1, 0.15) is 91.0 Å². The molecule has 1 aliphatic rings. The number of carbonyl (C=O) groups excluding carboxylic acids is 4. The van der Waals surface area contributed by atoms with Crippen LogP contribution in [-0.2, 0) is 33.3 Å². The predicted molar refractivity (Wildman–Crippen MR) is 154 cm³/mol. The molecule has 1 heterocycles. The standard InChI is InChI=1S/C5H8O2.C4H9NO.C4H6O3.C4H6O2.4C2H6.2CH4/c1-4(2)5(6)7-3;1-4(6)5(2)3;1-3-2-6-4(5)7-3;1-3-4(5)6-2;4*1-2;;/h1H2,2-3H3;1-3H3;3H,2H2,1H3;3H,1H2,2H3;4*1-2H3;2*1H4. The van der Waals surface area contributed by atoms with Crippen LogP contribution in [0.25, 0.3) is 0 Å². The summed E-state index contributed by atoms with van der Waals surface area (Å²) in [6.45, 7) is 27.8. The number of ether oxygens (including phenoxy) is 4. The van der Waals surface area contributed by atoms with E-state index in [0.29, 0.717) is 12.2 Å². The van der Waals surface area contributed by atoms with Gasteiger partial charge in [0.25, 0.3) is 0 Å². The van der Waals surface area contributed by atoms with Gasteiger partial charge in [0.15, 0.2) is 0 Å². The monoisotopic (exact) mass is 527 g/mol. The molecule has 0 spiro atoms. The summed E-state index contributed by atoms with van der Waals surface area (Å²) in [6.07, 6.45) is 0.514. The Balaban J connectivity index is -0.0000000347. The highest BCUT2D eigenvalue weighted by atomic mass is 16.8. The summed E-state index contributed by atoms with van der Waals surface area (Å²) in [5, 5.41) is 0. The molecule has 1 amide bonds. The van der Waals surface area contributed by atoms with Gasteiger partial charge in [0.2, 0.25) is 5.91 Å². The van der Waals surface area contributed by atoms with Gasteiger partial charge < -0.3 is 23.8 Å². The van der Waals surface area contributed by atoms with Crippen LogP contribution in [-0.4, -0.2) is 69.9 Å². The molecule has 0 radical (unpaired) electrons. The van der Waals surface area contributed by atoms with Gasteiger partial charge in [-0.2, -0.15) is 0 Å². The van der Waals surface area contributed by atoms with Gasteiger partial charge in [0.05, 0.1) is 14.2 Å². The first-order valence-electron chi connectivity index (χ1n) is 11.4. The third kappa shape index (κ3) is 69.7. The van der Waals surface area contributed by atoms with E-state index in [1.54, 1.807) is 27.9 Å². The van der Waals surface area contributed by atoms with Gasteiger partial charge in [0, 0.05) is 32.7 Å². The molecule has 222 valence electrons. The number of carbonyl (C=O) groups is 4. The predicted octanol–water partition coefficient (Wildman–Crippen LogP) is 7.09. The van der Waals surface area contributed by atoms with Crippen LogP contribution in [0.3, 0.4) is 0 Å². The Labute approximate surface area is 224 Å². The number of nitrogens with zero attached hydrogens (tertiary/aromatic N) is 1. The van der Waals surface area contributed by atoms with E-state index in [4.69, 9.17) is 0 Å². The van der Waals surface area contributed by atoms with E-state index in [9.17, 15) is 19.2 Å². The fraction of sp³-hybridized carbons (Fsp3) is 0.704. The van der Waals surface area contributed by atoms with Crippen LogP contribution in [0.2, 0.25) is 0 Å². The van der Waals surface area contributed by atoms with Crippen LogP contribution < -0.4 is 0 Å². The van der Waals surface area contributed by atoms with E-state index >= 15 is 0 Å². The number of hydrogen-bond donors (Lipinski definition) is 0. The molecule has 9 nitrogen and oxygen atoms in total. The van der Waals surface area contributed by atoms with Gasteiger partial charge in [-0.15, -0.1) is 0 Å². The Morgan fingerprint density at radius 3 is 1.28 bits per heavy atom. The van der Waals surface area contributed by atoms with Gasteiger partial charge in [-0.05, 0) is 13.8 Å². The van der Waals surface area contributed by atoms with Gasteiger partial charge in [-0.25, -0.2) is 14.4 Å². The molecule has 0 aromatic rings. The van der Waals surface area contributed by atoms with E-state index in [0.717, 1.165) is 6.08 Å². The summed E-state index contributed by atoms with van der Waals surface area (Å²) >= 11 is 0. The van der Waals surface area contributed by atoms with E-state index in [-0.39, 0.29) is 32.8 Å². The Kier molecular flexibility index (Phi) is 87.3. The minimum absolute atomic E-state index is 0. The Bertz CT molecular complexity index is 490. The molecule has 0 saturated carbocycles. The SMILES string of the molecule is C.C.C=C(C)C(=O)OC.C=CC(=O)OC.CC.CC.CC.CC.CC(=O)N(C)C.CC1COC(=O)O1. The summed E-state index contributed by atoms with van der Waals surface area (Å²) in [5.74, 6) is -0.648. The van der Waals surface area contributed by atoms with Crippen molar-refractivity contribution >= 4 is 24.0 Å². The maximum Gasteiger partial charge on any atom is 0.508 e. The molecule has 36 heavy (non-hydrogen) atoms. The zero-order valence-corrected chi connectivity index (χ0v) is 24.5. The number of methoxy groups -OCH3 is 2. The Hall–Kier alpha value is -2.84. The lowest BCUT2D eigenvalue weighted by Crippen LogP contribution is -2.17. The highest BCUT2D eigenvalue weighted by molar-refractivity contribution is 5.86. The largest absolute Gasteiger partial charge is 0.508 e. The van der Waals surface area contributed by atoms with Crippen LogP contribution >= 0.6 is 0 Å². The molecular formula is C27H61NO8. The van der Waals surface area contributed by atoms with Crippen LogP contribution in [0.15, 0.2) is 24.8 Å². The zero-order chi connectivity index (χ0) is 29.3. The van der Waals surface area contributed by atoms with Crippen molar-refractivity contribution in [1.82, 2.24) is 4.90 Å². The maximum atomic E-state index is 10.2. The number of esters is 2. The number of hydrogen-bond acceptors (Lipinski definition) is 8. The van der Waals surface area contributed by atoms with E-state index in [1.165, 1.54) is 26.0 Å². The third-order valence-corrected chi connectivity index (χ3v) is 2.26. The molecule has 1 rings (SSSR count). The second-order valence-corrected chi connectivity index (χ2v) is 4.90. The number of rotatable bonds is 2. The lowest BCUT2D eigenvalue weighted by molar-refractivity contribution is -0.136. The summed E-state index contributed by atoms with van der Waals surface area (Å²) in [6, 6.07) is 0. The van der Waals surface area contributed by atoms with E-state index in [2.05, 4.69) is 32.1 Å². The van der Waals surface area contributed by atoms with Crippen molar-refractivity contribution in [2.24, 2.45) is 0 Å². The molecule has 1 saturated heterocycles. The lowest BCUT2D eigenvalue weighted by Gasteiger charge is -2.02. The van der Waals surface area contributed by atoms with Crippen molar-refractivity contribution < 1.29 is 38.1 Å². The van der Waals surface area contributed by atoms with Crippen LogP contribution in [0.5, 0.6) is 0 Å². The summed E-state index contributed by atoms with van der Waals surface area (Å²) < 4.78 is 17.3. The van der Waals surface area contributed by atoms with Crippen molar-refractivity contribution in [1.29, 1.82) is 0 Å². The molecule has 0 bridgehead atoms. The summed E-state index contributed by atoms with van der Waals surface area (Å²) in [5.41, 5.74) is 0.433. The first-order valence-corrected chi connectivity index (χ1v) is 11.4. The molecule has 1 atom stereocenters. The average Bonchev–Trinajstić information content (AvgIpc) is 3.26.